The summed E-state index contributed by atoms with van der Waals surface area (Å²) in [7, 11) is 0. The minimum absolute atomic E-state index is 0.0337. The molecule has 0 unspecified atom stereocenters. The van der Waals surface area contributed by atoms with E-state index in [1.807, 2.05) is 0 Å². The number of carbonyl (C=O) groups excluding carboxylic acids is 2. The molecule has 0 aliphatic heterocycles. The maximum atomic E-state index is 11.6. The van der Waals surface area contributed by atoms with Crippen molar-refractivity contribution in [1.29, 1.82) is 0 Å². The normalized spacial score (nSPS) is 9.76. The van der Waals surface area contributed by atoms with Crippen molar-refractivity contribution in [1.82, 2.24) is 0 Å². The number of halogens is 1. The van der Waals surface area contributed by atoms with Crippen molar-refractivity contribution in [2.24, 2.45) is 0 Å². The summed E-state index contributed by atoms with van der Waals surface area (Å²) >= 11 is 5.69. The van der Waals surface area contributed by atoms with Crippen LogP contribution < -0.4 is 0 Å². The second-order valence-electron chi connectivity index (χ2n) is 2.95. The van der Waals surface area contributed by atoms with E-state index in [0.29, 0.717) is 6.29 Å². The third kappa shape index (κ3) is 2.59. The Bertz CT molecular complexity index is 486. The first-order valence-electron chi connectivity index (χ1n) is 4.62. The summed E-state index contributed by atoms with van der Waals surface area (Å²) in [5.74, 6) is -0.941. The lowest BCUT2D eigenvalue weighted by molar-refractivity contribution is -0.385. The highest BCUT2D eigenvalue weighted by molar-refractivity contribution is 6.34. The van der Waals surface area contributed by atoms with Gasteiger partial charge in [0.1, 0.15) is 5.56 Å². The molecular formula is C10H8ClNO5. The fourth-order valence-electron chi connectivity index (χ4n) is 1.27. The molecule has 17 heavy (non-hydrogen) atoms. The van der Waals surface area contributed by atoms with Gasteiger partial charge in [-0.15, -0.1) is 0 Å². The van der Waals surface area contributed by atoms with E-state index in [4.69, 9.17) is 11.6 Å². The highest BCUT2D eigenvalue weighted by Gasteiger charge is 2.26. The number of nitro groups is 1. The molecule has 0 spiro atoms. The molecule has 0 aliphatic rings. The molecule has 0 heterocycles. The first-order valence-corrected chi connectivity index (χ1v) is 4.99. The van der Waals surface area contributed by atoms with Crippen LogP contribution >= 0.6 is 11.6 Å². The molecule has 0 N–H and O–H groups in total. The molecule has 0 fully saturated rings. The molecule has 7 heteroatoms. The molecule has 0 saturated heterocycles. The second-order valence-corrected chi connectivity index (χ2v) is 3.36. The predicted octanol–water partition coefficient (Wildman–Crippen LogP) is 2.24. The van der Waals surface area contributed by atoms with Crippen LogP contribution in [0.5, 0.6) is 0 Å². The van der Waals surface area contributed by atoms with Crippen molar-refractivity contribution < 1.29 is 19.2 Å². The predicted molar refractivity (Wildman–Crippen MR) is 59.5 cm³/mol. The van der Waals surface area contributed by atoms with E-state index in [-0.39, 0.29) is 17.2 Å². The molecule has 0 amide bonds. The van der Waals surface area contributed by atoms with Crippen molar-refractivity contribution >= 4 is 29.5 Å². The Kier molecular flexibility index (Phi) is 4.17. The van der Waals surface area contributed by atoms with Crippen molar-refractivity contribution in [3.8, 4) is 0 Å². The number of nitrogens with zero attached hydrogens (tertiary/aromatic N) is 1. The Morgan fingerprint density at radius 1 is 1.59 bits per heavy atom. The van der Waals surface area contributed by atoms with Gasteiger partial charge in [-0.1, -0.05) is 11.6 Å². The van der Waals surface area contributed by atoms with E-state index in [2.05, 4.69) is 4.74 Å². The first-order chi connectivity index (χ1) is 8.02. The van der Waals surface area contributed by atoms with Crippen LogP contribution in [0.2, 0.25) is 5.02 Å². The number of nitro benzene ring substituents is 1. The van der Waals surface area contributed by atoms with E-state index < -0.39 is 22.1 Å². The number of ether oxygens (including phenoxy) is 1. The third-order valence-corrected chi connectivity index (χ3v) is 2.29. The number of hydrogen-bond donors (Lipinski definition) is 0. The summed E-state index contributed by atoms with van der Waals surface area (Å²) in [6.45, 7) is 1.59. The molecule has 1 aromatic rings. The van der Waals surface area contributed by atoms with Crippen LogP contribution in [-0.4, -0.2) is 23.8 Å². The van der Waals surface area contributed by atoms with Crippen LogP contribution in [0.1, 0.15) is 27.6 Å². The number of esters is 1. The van der Waals surface area contributed by atoms with Gasteiger partial charge in [0.25, 0.3) is 5.69 Å². The van der Waals surface area contributed by atoms with Crippen LogP contribution in [0.15, 0.2) is 12.1 Å². The number of rotatable bonds is 4. The number of benzene rings is 1. The van der Waals surface area contributed by atoms with Crippen LogP contribution in [0.3, 0.4) is 0 Å². The zero-order chi connectivity index (χ0) is 13.0. The van der Waals surface area contributed by atoms with E-state index >= 15 is 0 Å². The molecular weight excluding hydrogens is 250 g/mol. The Hall–Kier alpha value is -1.95. The Morgan fingerprint density at radius 2 is 2.24 bits per heavy atom. The van der Waals surface area contributed by atoms with E-state index in [1.54, 1.807) is 6.92 Å². The highest BCUT2D eigenvalue weighted by Crippen LogP contribution is 2.28. The standard InChI is InChI=1S/C10H8ClNO5/c1-2-17-10(14)9-6(5-13)7(11)3-4-8(9)12(15)16/h3-5H,2H2,1H3. The molecule has 1 aromatic carbocycles. The number of hydrogen-bond acceptors (Lipinski definition) is 5. The lowest BCUT2D eigenvalue weighted by Gasteiger charge is -2.06. The molecule has 1 rings (SSSR count). The van der Waals surface area contributed by atoms with Gasteiger partial charge < -0.3 is 4.74 Å². The van der Waals surface area contributed by atoms with Gasteiger partial charge in [0, 0.05) is 6.07 Å². The van der Waals surface area contributed by atoms with E-state index in [1.165, 1.54) is 6.07 Å². The van der Waals surface area contributed by atoms with Gasteiger partial charge in [-0.25, -0.2) is 4.79 Å². The van der Waals surface area contributed by atoms with Crippen LogP contribution in [0.4, 0.5) is 5.69 Å². The molecule has 0 atom stereocenters. The van der Waals surface area contributed by atoms with Gasteiger partial charge in [-0.05, 0) is 13.0 Å². The van der Waals surface area contributed by atoms with Crippen LogP contribution in [0, 0.1) is 10.1 Å². The zero-order valence-electron chi connectivity index (χ0n) is 8.81. The van der Waals surface area contributed by atoms with Crippen LogP contribution in [0.25, 0.3) is 0 Å². The molecule has 0 aliphatic carbocycles. The van der Waals surface area contributed by atoms with Gasteiger partial charge in [0.2, 0.25) is 0 Å². The van der Waals surface area contributed by atoms with Crippen molar-refractivity contribution in [2.45, 2.75) is 6.92 Å². The monoisotopic (exact) mass is 257 g/mol. The largest absolute Gasteiger partial charge is 0.462 e. The summed E-state index contributed by atoms with van der Waals surface area (Å²) < 4.78 is 4.66. The molecule has 0 aromatic heterocycles. The summed E-state index contributed by atoms with van der Waals surface area (Å²) in [5, 5.41) is 10.7. The zero-order valence-corrected chi connectivity index (χ0v) is 9.56. The summed E-state index contributed by atoms with van der Waals surface area (Å²) in [6.07, 6.45) is 0.293. The molecule has 0 bridgehead atoms. The Balaban J connectivity index is 3.49. The molecule has 6 nitrogen and oxygen atoms in total. The Morgan fingerprint density at radius 3 is 2.71 bits per heavy atom. The lowest BCUT2D eigenvalue weighted by atomic mass is 10.1. The van der Waals surface area contributed by atoms with E-state index in [0.717, 1.165) is 6.07 Å². The second kappa shape index (κ2) is 5.40. The number of carbonyl (C=O) groups is 2. The average molecular weight is 258 g/mol. The molecule has 0 saturated carbocycles. The van der Waals surface area contributed by atoms with Crippen molar-refractivity contribution in [2.75, 3.05) is 6.61 Å². The van der Waals surface area contributed by atoms with Crippen molar-refractivity contribution in [3.05, 3.63) is 38.4 Å². The summed E-state index contributed by atoms with van der Waals surface area (Å²) in [5.41, 5.74) is -1.16. The lowest BCUT2D eigenvalue weighted by Crippen LogP contribution is -2.11. The quantitative estimate of drug-likeness (QED) is 0.357. The molecule has 90 valence electrons. The van der Waals surface area contributed by atoms with Gasteiger partial charge in [0.15, 0.2) is 6.29 Å². The fourth-order valence-corrected chi connectivity index (χ4v) is 1.47. The first kappa shape index (κ1) is 13.1. The average Bonchev–Trinajstić information content (AvgIpc) is 2.28. The SMILES string of the molecule is CCOC(=O)c1c([N+](=O)[O-])ccc(Cl)c1C=O. The van der Waals surface area contributed by atoms with Crippen LogP contribution in [-0.2, 0) is 4.74 Å². The van der Waals surface area contributed by atoms with E-state index in [9.17, 15) is 19.7 Å². The topological polar surface area (TPSA) is 86.5 Å². The van der Waals surface area contributed by atoms with Gasteiger partial charge in [-0.2, -0.15) is 0 Å². The van der Waals surface area contributed by atoms with Gasteiger partial charge >= 0.3 is 5.97 Å². The van der Waals surface area contributed by atoms with Crippen molar-refractivity contribution in [3.63, 3.8) is 0 Å². The summed E-state index contributed by atoms with van der Waals surface area (Å²) in [6, 6.07) is 2.24. The minimum atomic E-state index is -0.941. The highest BCUT2D eigenvalue weighted by atomic mass is 35.5. The summed E-state index contributed by atoms with van der Waals surface area (Å²) in [4.78, 5) is 32.4. The Labute approximate surface area is 101 Å². The fraction of sp³-hybridized carbons (Fsp3) is 0.200. The maximum absolute atomic E-state index is 11.6. The smallest absolute Gasteiger partial charge is 0.345 e. The third-order valence-electron chi connectivity index (χ3n) is 1.96. The number of aldehydes is 1. The molecule has 0 radical (unpaired) electrons. The minimum Gasteiger partial charge on any atom is -0.462 e. The van der Waals surface area contributed by atoms with Gasteiger partial charge in [0.05, 0.1) is 22.1 Å². The maximum Gasteiger partial charge on any atom is 0.345 e. The van der Waals surface area contributed by atoms with Gasteiger partial charge in [-0.3, -0.25) is 14.9 Å².